The number of rotatable bonds is 6. The SMILES string of the molecule is NC1(CCNCCc2ccco2)CCCCC1. The van der Waals surface area contributed by atoms with Crippen LogP contribution < -0.4 is 11.1 Å². The predicted octanol–water partition coefficient (Wildman–Crippen LogP) is 2.46. The summed E-state index contributed by atoms with van der Waals surface area (Å²) in [4.78, 5) is 0. The molecule has 0 unspecified atom stereocenters. The number of nitrogens with one attached hydrogen (secondary N) is 1. The highest BCUT2D eigenvalue weighted by atomic mass is 16.3. The van der Waals surface area contributed by atoms with E-state index in [4.69, 9.17) is 10.2 Å². The first-order valence-corrected chi connectivity index (χ1v) is 6.81. The second-order valence-electron chi connectivity index (χ2n) is 5.25. The van der Waals surface area contributed by atoms with Crippen LogP contribution in [0, 0.1) is 0 Å². The van der Waals surface area contributed by atoms with Crippen molar-refractivity contribution in [2.24, 2.45) is 5.73 Å². The minimum Gasteiger partial charge on any atom is -0.469 e. The van der Waals surface area contributed by atoms with E-state index in [-0.39, 0.29) is 5.54 Å². The fraction of sp³-hybridized carbons (Fsp3) is 0.714. The monoisotopic (exact) mass is 236 g/mol. The number of nitrogens with two attached hydrogens (primary N) is 1. The smallest absolute Gasteiger partial charge is 0.105 e. The van der Waals surface area contributed by atoms with Crippen LogP contribution in [0.4, 0.5) is 0 Å². The van der Waals surface area contributed by atoms with Crippen molar-refractivity contribution in [2.45, 2.75) is 50.5 Å². The van der Waals surface area contributed by atoms with Gasteiger partial charge in [0.05, 0.1) is 6.26 Å². The lowest BCUT2D eigenvalue weighted by molar-refractivity contribution is 0.275. The van der Waals surface area contributed by atoms with Crippen LogP contribution in [-0.2, 0) is 6.42 Å². The van der Waals surface area contributed by atoms with E-state index >= 15 is 0 Å². The number of hydrogen-bond donors (Lipinski definition) is 2. The van der Waals surface area contributed by atoms with Crippen molar-refractivity contribution in [1.82, 2.24) is 5.32 Å². The lowest BCUT2D eigenvalue weighted by atomic mass is 9.80. The van der Waals surface area contributed by atoms with Crippen LogP contribution in [0.15, 0.2) is 22.8 Å². The molecule has 1 aliphatic carbocycles. The van der Waals surface area contributed by atoms with E-state index in [0.717, 1.165) is 31.7 Å². The first kappa shape index (κ1) is 12.7. The molecule has 1 saturated carbocycles. The van der Waals surface area contributed by atoms with Crippen LogP contribution in [0.5, 0.6) is 0 Å². The Kier molecular flexibility index (Phi) is 4.63. The molecule has 0 spiro atoms. The molecular weight excluding hydrogens is 212 g/mol. The lowest BCUT2D eigenvalue weighted by Gasteiger charge is -2.33. The summed E-state index contributed by atoms with van der Waals surface area (Å²) in [6.07, 6.45) is 10.2. The molecule has 0 aliphatic heterocycles. The van der Waals surface area contributed by atoms with Gasteiger partial charge in [-0.25, -0.2) is 0 Å². The molecule has 1 aromatic heterocycles. The third-order valence-corrected chi connectivity index (χ3v) is 3.78. The van der Waals surface area contributed by atoms with Crippen LogP contribution in [-0.4, -0.2) is 18.6 Å². The molecule has 96 valence electrons. The molecular formula is C14H24N2O. The zero-order valence-electron chi connectivity index (χ0n) is 10.6. The van der Waals surface area contributed by atoms with Gasteiger partial charge in [0.1, 0.15) is 5.76 Å². The van der Waals surface area contributed by atoms with Gasteiger partial charge < -0.3 is 15.5 Å². The second kappa shape index (κ2) is 6.22. The number of hydrogen-bond acceptors (Lipinski definition) is 3. The highest BCUT2D eigenvalue weighted by Gasteiger charge is 2.26. The van der Waals surface area contributed by atoms with E-state index in [0.29, 0.717) is 0 Å². The maximum atomic E-state index is 6.38. The Labute approximate surface area is 104 Å². The Hall–Kier alpha value is -0.800. The minimum atomic E-state index is 0.107. The van der Waals surface area contributed by atoms with Crippen molar-refractivity contribution in [3.8, 4) is 0 Å². The van der Waals surface area contributed by atoms with E-state index < -0.39 is 0 Å². The van der Waals surface area contributed by atoms with Crippen molar-refractivity contribution in [2.75, 3.05) is 13.1 Å². The van der Waals surface area contributed by atoms with E-state index in [1.54, 1.807) is 6.26 Å². The molecule has 3 heteroatoms. The third-order valence-electron chi connectivity index (χ3n) is 3.78. The number of furan rings is 1. The first-order valence-electron chi connectivity index (χ1n) is 6.81. The highest BCUT2D eigenvalue weighted by Crippen LogP contribution is 2.28. The van der Waals surface area contributed by atoms with Crippen LogP contribution in [0.2, 0.25) is 0 Å². The van der Waals surface area contributed by atoms with Crippen molar-refractivity contribution >= 4 is 0 Å². The van der Waals surface area contributed by atoms with Gasteiger partial charge in [0.15, 0.2) is 0 Å². The molecule has 3 nitrogen and oxygen atoms in total. The van der Waals surface area contributed by atoms with Gasteiger partial charge in [-0.1, -0.05) is 19.3 Å². The van der Waals surface area contributed by atoms with Gasteiger partial charge in [0.2, 0.25) is 0 Å². The molecule has 0 atom stereocenters. The summed E-state index contributed by atoms with van der Waals surface area (Å²) >= 11 is 0. The molecule has 0 aromatic carbocycles. The second-order valence-corrected chi connectivity index (χ2v) is 5.25. The normalized spacial score (nSPS) is 19.4. The molecule has 1 aliphatic rings. The van der Waals surface area contributed by atoms with Crippen molar-refractivity contribution in [1.29, 1.82) is 0 Å². The maximum absolute atomic E-state index is 6.38. The zero-order valence-corrected chi connectivity index (χ0v) is 10.6. The average molecular weight is 236 g/mol. The molecule has 1 aromatic rings. The Morgan fingerprint density at radius 3 is 2.76 bits per heavy atom. The molecule has 17 heavy (non-hydrogen) atoms. The topological polar surface area (TPSA) is 51.2 Å². The average Bonchev–Trinajstić information content (AvgIpc) is 2.82. The fourth-order valence-corrected chi connectivity index (χ4v) is 2.63. The van der Waals surface area contributed by atoms with Gasteiger partial charge >= 0.3 is 0 Å². The molecule has 0 bridgehead atoms. The van der Waals surface area contributed by atoms with E-state index in [1.807, 2.05) is 12.1 Å². The van der Waals surface area contributed by atoms with Crippen LogP contribution in [0.3, 0.4) is 0 Å². The minimum absolute atomic E-state index is 0.107. The standard InChI is InChI=1S/C14H24N2O/c15-14(7-2-1-3-8-14)9-11-16-10-6-13-5-4-12-17-13/h4-5,12,16H,1-3,6-11,15H2. The summed E-state index contributed by atoms with van der Waals surface area (Å²) < 4.78 is 5.29. The summed E-state index contributed by atoms with van der Waals surface area (Å²) in [5.41, 5.74) is 6.48. The molecule has 1 heterocycles. The molecule has 2 rings (SSSR count). The van der Waals surface area contributed by atoms with Gasteiger partial charge in [-0.15, -0.1) is 0 Å². The third kappa shape index (κ3) is 4.17. The maximum Gasteiger partial charge on any atom is 0.105 e. The molecule has 0 radical (unpaired) electrons. The van der Waals surface area contributed by atoms with Gasteiger partial charge in [-0.05, 0) is 37.9 Å². The first-order chi connectivity index (χ1) is 8.29. The Morgan fingerprint density at radius 1 is 1.24 bits per heavy atom. The quantitative estimate of drug-likeness (QED) is 0.746. The Bertz CT molecular complexity index is 302. The van der Waals surface area contributed by atoms with Gasteiger partial charge in [-0.2, -0.15) is 0 Å². The van der Waals surface area contributed by atoms with Crippen molar-refractivity contribution in [3.63, 3.8) is 0 Å². The van der Waals surface area contributed by atoms with E-state index in [2.05, 4.69) is 5.32 Å². The summed E-state index contributed by atoms with van der Waals surface area (Å²) in [6, 6.07) is 3.96. The van der Waals surface area contributed by atoms with Gasteiger partial charge in [0.25, 0.3) is 0 Å². The Balaban J connectivity index is 1.56. The van der Waals surface area contributed by atoms with Crippen molar-refractivity contribution < 1.29 is 4.42 Å². The molecule has 0 amide bonds. The largest absolute Gasteiger partial charge is 0.469 e. The van der Waals surface area contributed by atoms with Crippen molar-refractivity contribution in [3.05, 3.63) is 24.2 Å². The zero-order chi connectivity index (χ0) is 12.0. The molecule has 1 fully saturated rings. The summed E-state index contributed by atoms with van der Waals surface area (Å²) in [5.74, 6) is 1.05. The summed E-state index contributed by atoms with van der Waals surface area (Å²) in [7, 11) is 0. The highest BCUT2D eigenvalue weighted by molar-refractivity contribution is 4.98. The van der Waals surface area contributed by atoms with E-state index in [9.17, 15) is 0 Å². The lowest BCUT2D eigenvalue weighted by Crippen LogP contribution is -2.44. The van der Waals surface area contributed by atoms with Gasteiger partial charge in [-0.3, -0.25) is 0 Å². The van der Waals surface area contributed by atoms with Gasteiger partial charge in [0, 0.05) is 18.5 Å². The van der Waals surface area contributed by atoms with E-state index in [1.165, 1.54) is 32.1 Å². The van der Waals surface area contributed by atoms with Crippen LogP contribution in [0.1, 0.15) is 44.3 Å². The predicted molar refractivity (Wildman–Crippen MR) is 69.9 cm³/mol. The Morgan fingerprint density at radius 2 is 2.06 bits per heavy atom. The van der Waals surface area contributed by atoms with Crippen LogP contribution >= 0.6 is 0 Å². The fourth-order valence-electron chi connectivity index (χ4n) is 2.63. The van der Waals surface area contributed by atoms with Crippen LogP contribution in [0.25, 0.3) is 0 Å². The summed E-state index contributed by atoms with van der Waals surface area (Å²) in [6.45, 7) is 2.00. The molecule has 0 saturated heterocycles. The molecule has 3 N–H and O–H groups in total. The summed E-state index contributed by atoms with van der Waals surface area (Å²) in [5, 5.41) is 3.46.